The molecule has 0 saturated carbocycles. The number of aromatic nitrogens is 3. The number of benzene rings is 1. The minimum Gasteiger partial charge on any atom is -0.337 e. The molecule has 1 aliphatic rings. The van der Waals surface area contributed by atoms with Crippen molar-refractivity contribution >= 4 is 40.4 Å². The molecular weight excluding hydrogens is 476 g/mol. The molecule has 3 heterocycles. The molecule has 190 valence electrons. The quantitative estimate of drug-likeness (QED) is 0.491. The molecule has 2 aromatic heterocycles. The highest BCUT2D eigenvalue weighted by Gasteiger charge is 2.27. The summed E-state index contributed by atoms with van der Waals surface area (Å²) in [6, 6.07) is 7.21. The van der Waals surface area contributed by atoms with Gasteiger partial charge in [0.2, 0.25) is 11.9 Å². The third-order valence-corrected chi connectivity index (χ3v) is 6.61. The smallest absolute Gasteiger partial charge is 0.258 e. The number of hydrogen-bond donors (Lipinski definition) is 1. The Balaban J connectivity index is 1.71. The summed E-state index contributed by atoms with van der Waals surface area (Å²) in [5, 5.41) is 3.58. The maximum atomic E-state index is 13.1. The number of anilines is 1. The second kappa shape index (κ2) is 11.2. The van der Waals surface area contributed by atoms with Gasteiger partial charge in [0.05, 0.1) is 22.1 Å². The fourth-order valence-corrected chi connectivity index (χ4v) is 4.98. The third-order valence-electron chi connectivity index (χ3n) is 6.32. The summed E-state index contributed by atoms with van der Waals surface area (Å²) in [5.74, 6) is 0.158. The highest BCUT2D eigenvalue weighted by molar-refractivity contribution is 6.35. The van der Waals surface area contributed by atoms with Crippen molar-refractivity contribution in [3.63, 3.8) is 0 Å². The van der Waals surface area contributed by atoms with Crippen LogP contribution in [0.5, 0.6) is 0 Å². The lowest BCUT2D eigenvalue weighted by molar-refractivity contribution is -0.126. The van der Waals surface area contributed by atoms with Crippen LogP contribution in [0.2, 0.25) is 5.02 Å². The van der Waals surface area contributed by atoms with Crippen LogP contribution in [0.25, 0.3) is 11.0 Å². The summed E-state index contributed by atoms with van der Waals surface area (Å²) in [6.45, 7) is 5.72. The molecule has 1 unspecified atom stereocenters. The van der Waals surface area contributed by atoms with Gasteiger partial charge >= 0.3 is 0 Å². The molecule has 1 saturated heterocycles. The Hall–Kier alpha value is -3.23. The normalized spacial score (nSPS) is 16.6. The first-order valence-electron chi connectivity index (χ1n) is 12.2. The molecular formula is C27H33ClN6O2. The van der Waals surface area contributed by atoms with Gasteiger partial charge in [-0.15, -0.1) is 0 Å². The Morgan fingerprint density at radius 2 is 2.03 bits per heavy atom. The fraction of sp³-hybridized carbons (Fsp3) is 0.407. The predicted molar refractivity (Wildman–Crippen MR) is 144 cm³/mol. The van der Waals surface area contributed by atoms with E-state index in [9.17, 15) is 9.59 Å². The van der Waals surface area contributed by atoms with Crippen LogP contribution in [-0.4, -0.2) is 69.9 Å². The van der Waals surface area contributed by atoms with Gasteiger partial charge in [0, 0.05) is 43.2 Å². The number of rotatable bonds is 6. The van der Waals surface area contributed by atoms with Crippen molar-refractivity contribution in [2.45, 2.75) is 39.2 Å². The zero-order chi connectivity index (χ0) is 25.8. The number of nitrogens with one attached hydrogen (secondary N) is 1. The van der Waals surface area contributed by atoms with Gasteiger partial charge in [-0.2, -0.15) is 0 Å². The SMILES string of the molecule is Cc1cc(Cl)c2c(c1)nc(NC(=O)c1ccnc(C)c1)n2C1CCCCN(C(=O)/C=C/CN(C)C)C1. The number of aryl methyl sites for hydroxylation is 2. The number of halogens is 1. The molecule has 1 fully saturated rings. The van der Waals surface area contributed by atoms with Gasteiger partial charge in [-0.25, -0.2) is 4.98 Å². The number of hydrogen-bond acceptors (Lipinski definition) is 5. The number of carbonyl (C=O) groups is 2. The van der Waals surface area contributed by atoms with Crippen molar-refractivity contribution < 1.29 is 9.59 Å². The van der Waals surface area contributed by atoms with Crippen LogP contribution in [0.15, 0.2) is 42.6 Å². The van der Waals surface area contributed by atoms with Crippen LogP contribution in [0.1, 0.15) is 46.9 Å². The second-order valence-corrected chi connectivity index (χ2v) is 10.1. The van der Waals surface area contributed by atoms with Crippen LogP contribution < -0.4 is 5.32 Å². The van der Waals surface area contributed by atoms with E-state index in [1.54, 1.807) is 24.4 Å². The predicted octanol–water partition coefficient (Wildman–Crippen LogP) is 4.63. The van der Waals surface area contributed by atoms with E-state index in [2.05, 4.69) is 10.3 Å². The molecule has 0 bridgehead atoms. The maximum absolute atomic E-state index is 13.1. The second-order valence-electron chi connectivity index (χ2n) is 9.66. The Morgan fingerprint density at radius 1 is 1.22 bits per heavy atom. The van der Waals surface area contributed by atoms with Crippen LogP contribution in [-0.2, 0) is 4.79 Å². The van der Waals surface area contributed by atoms with E-state index in [1.165, 1.54) is 0 Å². The summed E-state index contributed by atoms with van der Waals surface area (Å²) in [5.41, 5.74) is 3.74. The lowest BCUT2D eigenvalue weighted by atomic mass is 10.1. The number of amides is 2. The molecule has 1 aliphatic heterocycles. The van der Waals surface area contributed by atoms with Gasteiger partial charge in [-0.3, -0.25) is 19.9 Å². The van der Waals surface area contributed by atoms with E-state index in [0.717, 1.165) is 36.0 Å². The molecule has 4 rings (SSSR count). The van der Waals surface area contributed by atoms with Gasteiger partial charge in [0.1, 0.15) is 0 Å². The molecule has 1 aromatic carbocycles. The number of likely N-dealkylation sites (tertiary alicyclic amines) is 1. The first-order chi connectivity index (χ1) is 17.2. The lowest BCUT2D eigenvalue weighted by Gasteiger charge is -2.26. The molecule has 0 aliphatic carbocycles. The average Bonchev–Trinajstić information content (AvgIpc) is 2.99. The summed E-state index contributed by atoms with van der Waals surface area (Å²) in [4.78, 5) is 39.0. The van der Waals surface area contributed by atoms with Gasteiger partial charge in [0.25, 0.3) is 5.91 Å². The summed E-state index contributed by atoms with van der Waals surface area (Å²) >= 11 is 6.73. The molecule has 9 heteroatoms. The van der Waals surface area contributed by atoms with E-state index in [0.29, 0.717) is 41.7 Å². The number of likely N-dealkylation sites (N-methyl/N-ethyl adjacent to an activating group) is 1. The average molecular weight is 509 g/mol. The van der Waals surface area contributed by atoms with Crippen LogP contribution >= 0.6 is 11.6 Å². The first-order valence-corrected chi connectivity index (χ1v) is 12.6. The molecule has 0 spiro atoms. The zero-order valence-corrected chi connectivity index (χ0v) is 22.0. The van der Waals surface area contributed by atoms with Gasteiger partial charge in [0.15, 0.2) is 0 Å². The molecule has 36 heavy (non-hydrogen) atoms. The molecule has 8 nitrogen and oxygen atoms in total. The highest BCUT2D eigenvalue weighted by Crippen LogP contribution is 2.34. The minimum atomic E-state index is -0.266. The molecule has 1 atom stereocenters. The van der Waals surface area contributed by atoms with E-state index >= 15 is 0 Å². The van der Waals surface area contributed by atoms with E-state index in [1.807, 2.05) is 60.5 Å². The van der Waals surface area contributed by atoms with Crippen LogP contribution in [0.4, 0.5) is 5.95 Å². The van der Waals surface area contributed by atoms with Crippen molar-refractivity contribution in [3.05, 3.63) is 64.5 Å². The molecule has 2 amide bonds. The number of pyridine rings is 1. The van der Waals surface area contributed by atoms with Crippen molar-refractivity contribution in [2.24, 2.45) is 0 Å². The van der Waals surface area contributed by atoms with Crippen LogP contribution in [0, 0.1) is 13.8 Å². The Kier molecular flexibility index (Phi) is 8.06. The fourth-order valence-electron chi connectivity index (χ4n) is 4.62. The number of imidazole rings is 1. The van der Waals surface area contributed by atoms with Crippen molar-refractivity contribution in [1.82, 2.24) is 24.3 Å². The third kappa shape index (κ3) is 5.94. The molecule has 3 aromatic rings. The summed E-state index contributed by atoms with van der Waals surface area (Å²) < 4.78 is 2.01. The van der Waals surface area contributed by atoms with Crippen molar-refractivity contribution in [3.8, 4) is 0 Å². The van der Waals surface area contributed by atoms with E-state index in [4.69, 9.17) is 16.6 Å². The highest BCUT2D eigenvalue weighted by atomic mass is 35.5. The molecule has 0 radical (unpaired) electrons. The lowest BCUT2D eigenvalue weighted by Crippen LogP contribution is -2.34. The standard InChI is InChI=1S/C27H33ClN6O2/c1-18-14-22(28)25-23(15-18)30-27(31-26(36)20-10-11-29-19(2)16-20)34(25)21-8-5-6-13-33(17-21)24(35)9-7-12-32(3)4/h7,9-11,14-16,21H,5-6,8,12-13,17H2,1-4H3,(H,30,31,36)/b9-7+. The number of fused-ring (bicyclic) bond motifs is 1. The van der Waals surface area contributed by atoms with Crippen LogP contribution in [0.3, 0.4) is 0 Å². The van der Waals surface area contributed by atoms with Crippen molar-refractivity contribution in [1.29, 1.82) is 0 Å². The minimum absolute atomic E-state index is 0.00652. The van der Waals surface area contributed by atoms with Gasteiger partial charge < -0.3 is 14.4 Å². The summed E-state index contributed by atoms with van der Waals surface area (Å²) in [6.07, 6.45) is 7.87. The van der Waals surface area contributed by atoms with E-state index < -0.39 is 0 Å². The van der Waals surface area contributed by atoms with Gasteiger partial charge in [-0.05, 0) is 77.0 Å². The maximum Gasteiger partial charge on any atom is 0.258 e. The summed E-state index contributed by atoms with van der Waals surface area (Å²) in [7, 11) is 3.94. The topological polar surface area (TPSA) is 83.4 Å². The number of carbonyl (C=O) groups excluding carboxylic acids is 2. The number of nitrogens with zero attached hydrogens (tertiary/aromatic N) is 5. The first kappa shape index (κ1) is 25.9. The van der Waals surface area contributed by atoms with E-state index in [-0.39, 0.29) is 17.9 Å². The van der Waals surface area contributed by atoms with Gasteiger partial charge in [-0.1, -0.05) is 17.7 Å². The Bertz CT molecular complexity index is 1300. The largest absolute Gasteiger partial charge is 0.337 e. The zero-order valence-electron chi connectivity index (χ0n) is 21.3. The molecule has 1 N–H and O–H groups in total. The Morgan fingerprint density at radius 3 is 2.78 bits per heavy atom. The Labute approximate surface area is 217 Å². The van der Waals surface area contributed by atoms with Crippen molar-refractivity contribution in [2.75, 3.05) is 39.0 Å². The monoisotopic (exact) mass is 508 g/mol.